The minimum atomic E-state index is 0.637. The summed E-state index contributed by atoms with van der Waals surface area (Å²) in [6.45, 7) is 0.641. The van der Waals surface area contributed by atoms with Crippen LogP contribution in [-0.2, 0) is 19.4 Å². The molecule has 27 heavy (non-hydrogen) atoms. The predicted molar refractivity (Wildman–Crippen MR) is 103 cm³/mol. The lowest BCUT2D eigenvalue weighted by Gasteiger charge is -2.19. The maximum absolute atomic E-state index is 5.27. The number of aromatic nitrogens is 5. The molecule has 0 unspecified atom stereocenters. The van der Waals surface area contributed by atoms with E-state index in [0.717, 1.165) is 52.0 Å². The molecule has 7 heteroatoms. The Kier molecular flexibility index (Phi) is 3.71. The summed E-state index contributed by atoms with van der Waals surface area (Å²) in [4.78, 5) is 13.7. The van der Waals surface area contributed by atoms with Crippen LogP contribution in [0.5, 0.6) is 5.75 Å². The van der Waals surface area contributed by atoms with E-state index in [2.05, 4.69) is 25.5 Å². The van der Waals surface area contributed by atoms with Crippen LogP contribution in [0.4, 0.5) is 5.95 Å². The number of aromatic amines is 1. The summed E-state index contributed by atoms with van der Waals surface area (Å²) < 4.78 is 5.27. The molecule has 1 aromatic carbocycles. The monoisotopic (exact) mass is 358 g/mol. The van der Waals surface area contributed by atoms with E-state index in [0.29, 0.717) is 12.5 Å². The highest BCUT2D eigenvalue weighted by Crippen LogP contribution is 2.36. The number of fused-ring (bicyclic) bond motifs is 5. The van der Waals surface area contributed by atoms with Crippen LogP contribution in [0.25, 0.3) is 22.2 Å². The van der Waals surface area contributed by atoms with Gasteiger partial charge in [0.05, 0.1) is 19.0 Å². The summed E-state index contributed by atoms with van der Waals surface area (Å²) in [7, 11) is 1.67. The van der Waals surface area contributed by atoms with Crippen molar-refractivity contribution in [3.63, 3.8) is 0 Å². The molecule has 0 bridgehead atoms. The lowest BCUT2D eigenvalue weighted by molar-refractivity contribution is 0.414. The Hall–Kier alpha value is -3.48. The number of hydrogen-bond acceptors (Lipinski definition) is 6. The third-order valence-corrected chi connectivity index (χ3v) is 4.91. The molecule has 0 aliphatic heterocycles. The zero-order valence-electron chi connectivity index (χ0n) is 14.9. The smallest absolute Gasteiger partial charge is 0.223 e. The number of hydrogen-bond donors (Lipinski definition) is 2. The molecular weight excluding hydrogens is 340 g/mol. The van der Waals surface area contributed by atoms with E-state index in [1.54, 1.807) is 7.11 Å². The number of ether oxygens (including phenoxy) is 1. The van der Waals surface area contributed by atoms with Crippen molar-refractivity contribution in [2.75, 3.05) is 12.4 Å². The van der Waals surface area contributed by atoms with E-state index in [9.17, 15) is 0 Å². The molecule has 3 heterocycles. The molecule has 0 saturated heterocycles. The van der Waals surface area contributed by atoms with Crippen molar-refractivity contribution in [2.45, 2.75) is 19.4 Å². The van der Waals surface area contributed by atoms with Crippen molar-refractivity contribution in [2.24, 2.45) is 0 Å². The molecule has 7 nitrogen and oxygen atoms in total. The summed E-state index contributed by atoms with van der Waals surface area (Å²) in [6.07, 6.45) is 7.45. The van der Waals surface area contributed by atoms with Crippen LogP contribution >= 0.6 is 0 Å². The van der Waals surface area contributed by atoms with Gasteiger partial charge < -0.3 is 10.1 Å². The van der Waals surface area contributed by atoms with Gasteiger partial charge in [-0.15, -0.1) is 0 Å². The van der Waals surface area contributed by atoms with E-state index in [-0.39, 0.29) is 0 Å². The van der Waals surface area contributed by atoms with Crippen molar-refractivity contribution in [3.05, 3.63) is 59.7 Å². The fourth-order valence-corrected chi connectivity index (χ4v) is 3.57. The highest BCUT2D eigenvalue weighted by atomic mass is 16.5. The van der Waals surface area contributed by atoms with E-state index < -0.39 is 0 Å². The zero-order valence-corrected chi connectivity index (χ0v) is 14.9. The van der Waals surface area contributed by atoms with Crippen molar-refractivity contribution in [1.29, 1.82) is 0 Å². The molecule has 0 atom stereocenters. The zero-order chi connectivity index (χ0) is 18.2. The second-order valence-electron chi connectivity index (χ2n) is 6.55. The van der Waals surface area contributed by atoms with Gasteiger partial charge in [0, 0.05) is 35.5 Å². The first-order chi connectivity index (χ1) is 13.3. The van der Waals surface area contributed by atoms with Gasteiger partial charge in [-0.05, 0) is 36.1 Å². The Bertz CT molecular complexity index is 1140. The summed E-state index contributed by atoms with van der Waals surface area (Å²) >= 11 is 0. The SMILES string of the molecule is COc1cccc(CNc2ncc3c(n2)CCc2cnc4[nH]ncc4c2-3)c1. The standard InChI is InChI=1S/C20H18N6O/c1-27-14-4-2-3-12(7-14)8-22-20-23-10-15-17(25-20)6-5-13-9-21-19-16(18(13)15)11-24-26-19/h2-4,7,9-11H,5-6,8H2,1H3,(H,21,24,26)(H,22,23,25). The van der Waals surface area contributed by atoms with Gasteiger partial charge in [0.2, 0.25) is 5.95 Å². The summed E-state index contributed by atoms with van der Waals surface area (Å²) in [6, 6.07) is 7.96. The van der Waals surface area contributed by atoms with Crippen LogP contribution < -0.4 is 10.1 Å². The first-order valence-electron chi connectivity index (χ1n) is 8.86. The average molecular weight is 358 g/mol. The number of nitrogens with one attached hydrogen (secondary N) is 2. The van der Waals surface area contributed by atoms with E-state index in [1.165, 1.54) is 5.56 Å². The van der Waals surface area contributed by atoms with Gasteiger partial charge in [-0.25, -0.2) is 15.0 Å². The number of methoxy groups -OCH3 is 1. The quantitative estimate of drug-likeness (QED) is 0.583. The number of nitrogens with zero attached hydrogens (tertiary/aromatic N) is 4. The second kappa shape index (κ2) is 6.35. The molecule has 5 rings (SSSR count). The Balaban J connectivity index is 1.45. The normalized spacial score (nSPS) is 12.5. The van der Waals surface area contributed by atoms with Crippen LogP contribution in [0.1, 0.15) is 16.8 Å². The number of pyridine rings is 1. The third-order valence-electron chi connectivity index (χ3n) is 4.91. The van der Waals surface area contributed by atoms with Crippen molar-refractivity contribution >= 4 is 17.0 Å². The molecule has 3 aromatic heterocycles. The Morgan fingerprint density at radius 3 is 3.04 bits per heavy atom. The number of anilines is 1. The highest BCUT2D eigenvalue weighted by molar-refractivity contribution is 5.95. The summed E-state index contributed by atoms with van der Waals surface area (Å²) in [5, 5.41) is 11.4. The molecule has 134 valence electrons. The molecule has 0 fully saturated rings. The van der Waals surface area contributed by atoms with E-state index in [1.807, 2.05) is 42.9 Å². The van der Waals surface area contributed by atoms with Crippen molar-refractivity contribution < 1.29 is 4.74 Å². The topological polar surface area (TPSA) is 88.6 Å². The minimum Gasteiger partial charge on any atom is -0.497 e. The van der Waals surface area contributed by atoms with Gasteiger partial charge in [-0.3, -0.25) is 5.10 Å². The summed E-state index contributed by atoms with van der Waals surface area (Å²) in [5.41, 5.74) is 6.40. The van der Waals surface area contributed by atoms with Gasteiger partial charge >= 0.3 is 0 Å². The van der Waals surface area contributed by atoms with Crippen LogP contribution in [0.15, 0.2) is 42.9 Å². The maximum Gasteiger partial charge on any atom is 0.223 e. The van der Waals surface area contributed by atoms with Crippen LogP contribution in [0.3, 0.4) is 0 Å². The fourth-order valence-electron chi connectivity index (χ4n) is 3.57. The first-order valence-corrected chi connectivity index (χ1v) is 8.86. The van der Waals surface area contributed by atoms with E-state index >= 15 is 0 Å². The molecule has 2 N–H and O–H groups in total. The number of rotatable bonds is 4. The second-order valence-corrected chi connectivity index (χ2v) is 6.55. The van der Waals surface area contributed by atoms with Crippen LogP contribution in [0, 0.1) is 0 Å². The molecular formula is C20H18N6O. The largest absolute Gasteiger partial charge is 0.497 e. The number of aryl methyl sites for hydroxylation is 2. The molecule has 0 radical (unpaired) electrons. The highest BCUT2D eigenvalue weighted by Gasteiger charge is 2.22. The average Bonchev–Trinajstić information content (AvgIpc) is 3.21. The minimum absolute atomic E-state index is 0.637. The molecule has 0 saturated carbocycles. The van der Waals surface area contributed by atoms with Gasteiger partial charge in [0.1, 0.15) is 5.75 Å². The number of H-pyrrole nitrogens is 1. The lowest BCUT2D eigenvalue weighted by atomic mass is 9.89. The van der Waals surface area contributed by atoms with Crippen molar-refractivity contribution in [1.82, 2.24) is 25.1 Å². The summed E-state index contributed by atoms with van der Waals surface area (Å²) in [5.74, 6) is 1.48. The Morgan fingerprint density at radius 1 is 1.15 bits per heavy atom. The predicted octanol–water partition coefficient (Wildman–Crippen LogP) is 3.13. The molecule has 1 aliphatic rings. The van der Waals surface area contributed by atoms with Crippen LogP contribution in [0.2, 0.25) is 0 Å². The molecule has 0 spiro atoms. The molecule has 0 amide bonds. The van der Waals surface area contributed by atoms with Gasteiger partial charge in [0.25, 0.3) is 0 Å². The maximum atomic E-state index is 5.27. The Labute approximate surface area is 155 Å². The first kappa shape index (κ1) is 15.7. The molecule has 4 aromatic rings. The number of benzene rings is 1. The lowest BCUT2D eigenvalue weighted by Crippen LogP contribution is -2.11. The van der Waals surface area contributed by atoms with Gasteiger partial charge in [0.15, 0.2) is 5.65 Å². The Morgan fingerprint density at radius 2 is 2.11 bits per heavy atom. The molecule has 1 aliphatic carbocycles. The van der Waals surface area contributed by atoms with Crippen molar-refractivity contribution in [3.8, 4) is 16.9 Å². The van der Waals surface area contributed by atoms with Gasteiger partial charge in [-0.2, -0.15) is 5.10 Å². The third kappa shape index (κ3) is 2.77. The van der Waals surface area contributed by atoms with E-state index in [4.69, 9.17) is 9.72 Å². The van der Waals surface area contributed by atoms with Crippen LogP contribution in [-0.4, -0.2) is 32.3 Å². The van der Waals surface area contributed by atoms with Gasteiger partial charge in [-0.1, -0.05) is 12.1 Å². The fraction of sp³-hybridized carbons (Fsp3) is 0.200.